The van der Waals surface area contributed by atoms with Crippen molar-refractivity contribution in [3.05, 3.63) is 42.6 Å². The molecule has 2 heterocycles. The number of furan rings is 1. The van der Waals surface area contributed by atoms with Crippen LogP contribution in [0.2, 0.25) is 0 Å². The Balaban J connectivity index is 2.46. The molecule has 0 unspecified atom stereocenters. The Labute approximate surface area is 85.9 Å². The van der Waals surface area contributed by atoms with Gasteiger partial charge in [0, 0.05) is 18.0 Å². The number of aromatic nitrogens is 1. The van der Waals surface area contributed by atoms with E-state index in [0.29, 0.717) is 5.56 Å². The van der Waals surface area contributed by atoms with E-state index >= 15 is 0 Å². The molecule has 76 valence electrons. The van der Waals surface area contributed by atoms with Gasteiger partial charge in [0.1, 0.15) is 0 Å². The van der Waals surface area contributed by atoms with Crippen LogP contribution in [-0.4, -0.2) is 10.9 Å². The quantitative estimate of drug-likeness (QED) is 0.432. The van der Waals surface area contributed by atoms with Crippen molar-refractivity contribution in [3.63, 3.8) is 0 Å². The van der Waals surface area contributed by atoms with Crippen molar-refractivity contribution in [1.82, 2.24) is 10.4 Å². The van der Waals surface area contributed by atoms with Crippen molar-refractivity contribution in [3.8, 4) is 11.1 Å². The SMILES string of the molecule is NNC(=O)c1occc1-c1ccncc1. The van der Waals surface area contributed by atoms with Gasteiger partial charge in [0.25, 0.3) is 0 Å². The first-order valence-corrected chi connectivity index (χ1v) is 4.32. The van der Waals surface area contributed by atoms with Crippen LogP contribution >= 0.6 is 0 Å². The number of hydrogen-bond acceptors (Lipinski definition) is 4. The number of hydrazine groups is 1. The average Bonchev–Trinajstić information content (AvgIpc) is 2.78. The molecule has 0 spiro atoms. The van der Waals surface area contributed by atoms with Crippen molar-refractivity contribution in [1.29, 1.82) is 0 Å². The zero-order chi connectivity index (χ0) is 10.7. The standard InChI is InChI=1S/C10H9N3O2/c11-13-10(14)9-8(3-6-15-9)7-1-4-12-5-2-7/h1-6H,11H2,(H,13,14). The summed E-state index contributed by atoms with van der Waals surface area (Å²) in [6.45, 7) is 0. The van der Waals surface area contributed by atoms with Gasteiger partial charge < -0.3 is 4.42 Å². The van der Waals surface area contributed by atoms with E-state index in [-0.39, 0.29) is 5.76 Å². The number of amides is 1. The molecule has 0 bridgehead atoms. The summed E-state index contributed by atoms with van der Waals surface area (Å²) in [6.07, 6.45) is 4.74. The summed E-state index contributed by atoms with van der Waals surface area (Å²) in [5.41, 5.74) is 3.58. The minimum Gasteiger partial charge on any atom is -0.458 e. The Kier molecular flexibility index (Phi) is 2.47. The Morgan fingerprint density at radius 3 is 2.73 bits per heavy atom. The van der Waals surface area contributed by atoms with E-state index < -0.39 is 5.91 Å². The summed E-state index contributed by atoms with van der Waals surface area (Å²) >= 11 is 0. The van der Waals surface area contributed by atoms with E-state index in [1.165, 1.54) is 6.26 Å². The summed E-state index contributed by atoms with van der Waals surface area (Å²) < 4.78 is 5.06. The van der Waals surface area contributed by atoms with Gasteiger partial charge in [-0.3, -0.25) is 15.2 Å². The number of pyridine rings is 1. The number of nitrogen functional groups attached to an aromatic ring is 1. The third kappa shape index (κ3) is 1.72. The molecule has 2 aromatic rings. The van der Waals surface area contributed by atoms with Gasteiger partial charge in [0.15, 0.2) is 5.76 Å². The van der Waals surface area contributed by atoms with Crippen molar-refractivity contribution in [2.75, 3.05) is 0 Å². The van der Waals surface area contributed by atoms with Gasteiger partial charge in [-0.15, -0.1) is 0 Å². The molecule has 0 aliphatic heterocycles. The zero-order valence-corrected chi connectivity index (χ0v) is 7.81. The van der Waals surface area contributed by atoms with Gasteiger partial charge in [-0.05, 0) is 23.8 Å². The molecule has 0 aromatic carbocycles. The van der Waals surface area contributed by atoms with Gasteiger partial charge in [-0.2, -0.15) is 0 Å². The summed E-state index contributed by atoms with van der Waals surface area (Å²) in [6, 6.07) is 5.29. The normalized spacial score (nSPS) is 9.93. The number of carbonyl (C=O) groups is 1. The molecule has 2 rings (SSSR count). The summed E-state index contributed by atoms with van der Waals surface area (Å²) in [5.74, 6) is 4.78. The van der Waals surface area contributed by atoms with Gasteiger partial charge >= 0.3 is 5.91 Å². The van der Waals surface area contributed by atoms with Crippen LogP contribution < -0.4 is 11.3 Å². The first-order valence-electron chi connectivity index (χ1n) is 4.32. The lowest BCUT2D eigenvalue weighted by Crippen LogP contribution is -2.29. The first kappa shape index (κ1) is 9.42. The van der Waals surface area contributed by atoms with Crippen molar-refractivity contribution in [2.45, 2.75) is 0 Å². The number of rotatable bonds is 2. The highest BCUT2D eigenvalue weighted by Crippen LogP contribution is 2.23. The van der Waals surface area contributed by atoms with Crippen molar-refractivity contribution < 1.29 is 9.21 Å². The number of nitrogens with one attached hydrogen (secondary N) is 1. The summed E-state index contributed by atoms with van der Waals surface area (Å²) in [4.78, 5) is 15.2. The third-order valence-corrected chi connectivity index (χ3v) is 1.99. The maximum Gasteiger partial charge on any atom is 0.301 e. The Morgan fingerprint density at radius 1 is 1.33 bits per heavy atom. The van der Waals surface area contributed by atoms with Gasteiger partial charge in [-0.25, -0.2) is 5.84 Å². The molecule has 0 aliphatic rings. The lowest BCUT2D eigenvalue weighted by Gasteiger charge is -2.00. The van der Waals surface area contributed by atoms with Crippen molar-refractivity contribution in [2.24, 2.45) is 5.84 Å². The number of carbonyl (C=O) groups excluding carboxylic acids is 1. The highest BCUT2D eigenvalue weighted by molar-refractivity contribution is 5.97. The van der Waals surface area contributed by atoms with Crippen LogP contribution in [0.15, 0.2) is 41.3 Å². The Hall–Kier alpha value is -2.14. The molecular weight excluding hydrogens is 194 g/mol. The smallest absolute Gasteiger partial charge is 0.301 e. The molecule has 0 fully saturated rings. The molecule has 0 aliphatic carbocycles. The Morgan fingerprint density at radius 2 is 2.07 bits per heavy atom. The summed E-state index contributed by atoms with van der Waals surface area (Å²) in [5, 5.41) is 0. The fourth-order valence-corrected chi connectivity index (χ4v) is 1.31. The predicted molar refractivity (Wildman–Crippen MR) is 53.6 cm³/mol. The van der Waals surface area contributed by atoms with Crippen LogP contribution in [0.25, 0.3) is 11.1 Å². The molecule has 2 aromatic heterocycles. The molecule has 1 amide bonds. The first-order chi connectivity index (χ1) is 7.33. The van der Waals surface area contributed by atoms with E-state index in [4.69, 9.17) is 10.3 Å². The number of hydrogen-bond donors (Lipinski definition) is 2. The number of nitrogens with zero attached hydrogens (tertiary/aromatic N) is 1. The monoisotopic (exact) mass is 203 g/mol. The van der Waals surface area contributed by atoms with E-state index in [1.54, 1.807) is 30.6 Å². The van der Waals surface area contributed by atoms with Crippen molar-refractivity contribution >= 4 is 5.91 Å². The van der Waals surface area contributed by atoms with Gasteiger partial charge in [-0.1, -0.05) is 0 Å². The van der Waals surface area contributed by atoms with Crippen LogP contribution in [0.1, 0.15) is 10.6 Å². The van der Waals surface area contributed by atoms with Gasteiger partial charge in [0.2, 0.25) is 0 Å². The van der Waals surface area contributed by atoms with E-state index in [0.717, 1.165) is 5.56 Å². The fraction of sp³-hybridized carbons (Fsp3) is 0. The lowest BCUT2D eigenvalue weighted by atomic mass is 10.1. The van der Waals surface area contributed by atoms with E-state index in [1.807, 2.05) is 5.43 Å². The molecule has 0 atom stereocenters. The molecule has 15 heavy (non-hydrogen) atoms. The minimum atomic E-state index is -0.452. The average molecular weight is 203 g/mol. The summed E-state index contributed by atoms with van der Waals surface area (Å²) in [7, 11) is 0. The highest BCUT2D eigenvalue weighted by Gasteiger charge is 2.15. The zero-order valence-electron chi connectivity index (χ0n) is 7.81. The van der Waals surface area contributed by atoms with Crippen LogP contribution in [0.4, 0.5) is 0 Å². The fourth-order valence-electron chi connectivity index (χ4n) is 1.31. The topological polar surface area (TPSA) is 81.1 Å². The molecule has 0 radical (unpaired) electrons. The maximum atomic E-state index is 11.3. The van der Waals surface area contributed by atoms with Crippen LogP contribution in [-0.2, 0) is 0 Å². The van der Waals surface area contributed by atoms with E-state index in [9.17, 15) is 4.79 Å². The van der Waals surface area contributed by atoms with Gasteiger partial charge in [0.05, 0.1) is 6.26 Å². The van der Waals surface area contributed by atoms with Crippen LogP contribution in [0.3, 0.4) is 0 Å². The maximum absolute atomic E-state index is 11.3. The Bertz CT molecular complexity index is 465. The third-order valence-electron chi connectivity index (χ3n) is 1.99. The predicted octanol–water partition coefficient (Wildman–Crippen LogP) is 0.945. The largest absolute Gasteiger partial charge is 0.458 e. The second-order valence-electron chi connectivity index (χ2n) is 2.87. The van der Waals surface area contributed by atoms with E-state index in [2.05, 4.69) is 4.98 Å². The lowest BCUT2D eigenvalue weighted by molar-refractivity contribution is 0.0927. The second kappa shape index (κ2) is 3.93. The van der Waals surface area contributed by atoms with Crippen LogP contribution in [0.5, 0.6) is 0 Å². The number of nitrogens with two attached hydrogens (primary N) is 1. The minimum absolute atomic E-state index is 0.198. The molecule has 5 nitrogen and oxygen atoms in total. The van der Waals surface area contributed by atoms with Crippen LogP contribution in [0, 0.1) is 0 Å². The molecule has 0 saturated heterocycles. The molecule has 3 N–H and O–H groups in total. The highest BCUT2D eigenvalue weighted by atomic mass is 16.3. The molecule has 5 heteroatoms. The molecular formula is C10H9N3O2. The molecule has 0 saturated carbocycles. The second-order valence-corrected chi connectivity index (χ2v) is 2.87.